The summed E-state index contributed by atoms with van der Waals surface area (Å²) in [7, 11) is 1.78. The predicted molar refractivity (Wildman–Crippen MR) is 51.2 cm³/mol. The van der Waals surface area contributed by atoms with E-state index in [1.165, 1.54) is 0 Å². The Balaban J connectivity index is 2.53. The summed E-state index contributed by atoms with van der Waals surface area (Å²) < 4.78 is 5.41. The Morgan fingerprint density at radius 1 is 1.25 bits per heavy atom. The van der Waals surface area contributed by atoms with Crippen LogP contribution in [0.2, 0.25) is 0 Å². The zero-order valence-electron chi connectivity index (χ0n) is 7.58. The molecule has 1 rings (SSSR count). The minimum absolute atomic E-state index is 0.780. The summed E-state index contributed by atoms with van der Waals surface area (Å²) >= 11 is 0. The molecule has 12 heavy (non-hydrogen) atoms. The summed E-state index contributed by atoms with van der Waals surface area (Å²) in [6.45, 7) is 2.87. The largest absolute Gasteiger partial charge is 0.687 e. The van der Waals surface area contributed by atoms with Gasteiger partial charge in [0, 0.05) is 0 Å². The van der Waals surface area contributed by atoms with Crippen LogP contribution in [0.25, 0.3) is 5.32 Å². The molecular formula is C10H14NO-. The molecule has 0 atom stereocenters. The second kappa shape index (κ2) is 4.65. The minimum Gasteiger partial charge on any atom is -0.687 e. The second-order valence-corrected chi connectivity index (χ2v) is 2.57. The topological polar surface area (TPSA) is 23.3 Å². The Morgan fingerprint density at radius 2 is 1.92 bits per heavy atom. The lowest BCUT2D eigenvalue weighted by atomic mass is 10.3. The van der Waals surface area contributed by atoms with Crippen molar-refractivity contribution in [3.63, 3.8) is 0 Å². The first-order valence-electron chi connectivity index (χ1n) is 4.19. The highest BCUT2D eigenvalue weighted by atomic mass is 16.5. The van der Waals surface area contributed by atoms with Gasteiger partial charge >= 0.3 is 0 Å². The van der Waals surface area contributed by atoms with Gasteiger partial charge in [-0.1, -0.05) is 19.1 Å². The molecule has 0 saturated carbocycles. The van der Waals surface area contributed by atoms with Crippen LogP contribution in [-0.4, -0.2) is 13.7 Å². The molecule has 0 N–H and O–H groups in total. The molecule has 0 radical (unpaired) electrons. The Kier molecular flexibility index (Phi) is 3.45. The third kappa shape index (κ3) is 2.46. The van der Waals surface area contributed by atoms with Crippen LogP contribution in [0.5, 0.6) is 5.75 Å². The van der Waals surface area contributed by atoms with Crippen molar-refractivity contribution in [2.45, 2.75) is 13.3 Å². The molecule has 2 heteroatoms. The molecule has 1 aromatic rings. The summed E-state index contributed by atoms with van der Waals surface area (Å²) in [5.74, 6) is 0.921. The molecule has 0 bridgehead atoms. The van der Waals surface area contributed by atoms with Crippen LogP contribution in [0.4, 0.5) is 5.69 Å². The molecule has 0 spiro atoms. The van der Waals surface area contributed by atoms with E-state index < -0.39 is 0 Å². The molecule has 0 saturated heterocycles. The number of rotatable bonds is 4. The molecular weight excluding hydrogens is 150 g/mol. The van der Waals surface area contributed by atoms with E-state index in [9.17, 15) is 0 Å². The van der Waals surface area contributed by atoms with Gasteiger partial charge in [0.2, 0.25) is 0 Å². The Hall–Kier alpha value is -1.18. The van der Waals surface area contributed by atoms with Gasteiger partial charge in [-0.15, -0.1) is 12.7 Å². The van der Waals surface area contributed by atoms with Crippen molar-refractivity contribution in [3.8, 4) is 5.75 Å². The van der Waals surface area contributed by atoms with Crippen LogP contribution in [0.3, 0.4) is 0 Å². The third-order valence-electron chi connectivity index (χ3n) is 1.57. The molecule has 0 aliphatic heterocycles. The van der Waals surface area contributed by atoms with Crippen molar-refractivity contribution in [3.05, 3.63) is 29.6 Å². The lowest BCUT2D eigenvalue weighted by molar-refractivity contribution is 0.317. The number of hydrogen-bond acceptors (Lipinski definition) is 1. The molecule has 0 aliphatic rings. The lowest BCUT2D eigenvalue weighted by Crippen LogP contribution is -1.93. The van der Waals surface area contributed by atoms with Gasteiger partial charge in [0.1, 0.15) is 5.75 Å². The highest BCUT2D eigenvalue weighted by Crippen LogP contribution is 2.19. The first kappa shape index (κ1) is 8.91. The van der Waals surface area contributed by atoms with Crippen LogP contribution < -0.4 is 4.74 Å². The van der Waals surface area contributed by atoms with Crippen LogP contribution in [0.1, 0.15) is 13.3 Å². The van der Waals surface area contributed by atoms with Gasteiger partial charge in [-0.3, -0.25) is 0 Å². The summed E-state index contributed by atoms with van der Waals surface area (Å²) in [5.41, 5.74) is 0.985. The monoisotopic (exact) mass is 164 g/mol. The van der Waals surface area contributed by atoms with Crippen molar-refractivity contribution < 1.29 is 4.74 Å². The van der Waals surface area contributed by atoms with E-state index in [0.717, 1.165) is 24.5 Å². The first-order chi connectivity index (χ1) is 5.86. The van der Waals surface area contributed by atoms with E-state index in [4.69, 9.17) is 4.74 Å². The van der Waals surface area contributed by atoms with Gasteiger partial charge in [0.05, 0.1) is 6.61 Å². The van der Waals surface area contributed by atoms with Gasteiger partial charge in [-0.05, 0) is 18.6 Å². The predicted octanol–water partition coefficient (Wildman–Crippen LogP) is 3.11. The molecule has 2 nitrogen and oxygen atoms in total. The standard InChI is InChI=1S/C10H14NO/c1-3-8-12-10-6-4-9(11-2)5-7-10/h4-7H,3,8H2,1-2H3/q-1. The molecule has 0 aliphatic carbocycles. The number of benzene rings is 1. The minimum atomic E-state index is 0.780. The maximum Gasteiger partial charge on any atom is 0.119 e. The molecule has 0 heterocycles. The maximum absolute atomic E-state index is 5.41. The summed E-state index contributed by atoms with van der Waals surface area (Å²) in [6, 6.07) is 7.78. The van der Waals surface area contributed by atoms with Crippen molar-refractivity contribution in [1.29, 1.82) is 0 Å². The molecule has 1 aromatic carbocycles. The Bertz CT molecular complexity index is 218. The quantitative estimate of drug-likeness (QED) is 0.670. The molecule has 0 unspecified atom stereocenters. The van der Waals surface area contributed by atoms with Gasteiger partial charge < -0.3 is 10.1 Å². The van der Waals surface area contributed by atoms with Crippen molar-refractivity contribution in [1.82, 2.24) is 0 Å². The maximum atomic E-state index is 5.41. The zero-order valence-corrected chi connectivity index (χ0v) is 7.58. The fraction of sp³-hybridized carbons (Fsp3) is 0.400. The van der Waals surface area contributed by atoms with Gasteiger partial charge in [-0.25, -0.2) is 0 Å². The van der Waals surface area contributed by atoms with E-state index in [2.05, 4.69) is 12.2 Å². The highest BCUT2D eigenvalue weighted by Gasteiger charge is 1.88. The van der Waals surface area contributed by atoms with Crippen molar-refractivity contribution >= 4 is 5.69 Å². The Morgan fingerprint density at radius 3 is 2.42 bits per heavy atom. The highest BCUT2D eigenvalue weighted by molar-refractivity contribution is 5.49. The van der Waals surface area contributed by atoms with Crippen molar-refractivity contribution in [2.24, 2.45) is 0 Å². The second-order valence-electron chi connectivity index (χ2n) is 2.57. The summed E-state index contributed by atoms with van der Waals surface area (Å²) in [6.07, 6.45) is 1.04. The van der Waals surface area contributed by atoms with E-state index in [0.29, 0.717) is 0 Å². The summed E-state index contributed by atoms with van der Waals surface area (Å²) in [4.78, 5) is 0. The number of ether oxygens (including phenoxy) is 1. The average Bonchev–Trinajstić information content (AvgIpc) is 2.15. The van der Waals surface area contributed by atoms with Gasteiger partial charge in [-0.2, -0.15) is 0 Å². The van der Waals surface area contributed by atoms with Gasteiger partial charge in [0.25, 0.3) is 0 Å². The molecule has 0 aromatic heterocycles. The van der Waals surface area contributed by atoms with E-state index in [1.807, 2.05) is 24.3 Å². The molecule has 0 fully saturated rings. The smallest absolute Gasteiger partial charge is 0.119 e. The van der Waals surface area contributed by atoms with E-state index in [1.54, 1.807) is 7.05 Å². The lowest BCUT2D eigenvalue weighted by Gasteiger charge is -2.13. The fourth-order valence-corrected chi connectivity index (χ4v) is 0.911. The van der Waals surface area contributed by atoms with Crippen molar-refractivity contribution in [2.75, 3.05) is 13.7 Å². The van der Waals surface area contributed by atoms with Crippen LogP contribution in [0.15, 0.2) is 24.3 Å². The average molecular weight is 164 g/mol. The summed E-state index contributed by atoms with van der Waals surface area (Å²) in [5, 5.41) is 4.04. The number of nitrogens with zero attached hydrogens (tertiary/aromatic N) is 1. The molecule has 66 valence electrons. The van der Waals surface area contributed by atoms with E-state index >= 15 is 0 Å². The van der Waals surface area contributed by atoms with Crippen LogP contribution in [-0.2, 0) is 0 Å². The first-order valence-corrected chi connectivity index (χ1v) is 4.19. The fourth-order valence-electron chi connectivity index (χ4n) is 0.911. The third-order valence-corrected chi connectivity index (χ3v) is 1.57. The zero-order chi connectivity index (χ0) is 8.81. The van der Waals surface area contributed by atoms with Gasteiger partial charge in [0.15, 0.2) is 0 Å². The molecule has 0 amide bonds. The normalized spacial score (nSPS) is 9.50. The van der Waals surface area contributed by atoms with E-state index in [-0.39, 0.29) is 0 Å². The Labute approximate surface area is 73.6 Å². The SMILES string of the molecule is CCCOc1ccc([N-]C)cc1. The van der Waals surface area contributed by atoms with Crippen LogP contribution in [0, 0.1) is 0 Å². The number of hydrogen-bond donors (Lipinski definition) is 0. The van der Waals surface area contributed by atoms with Crippen LogP contribution >= 0.6 is 0 Å².